The van der Waals surface area contributed by atoms with E-state index in [2.05, 4.69) is 11.9 Å². The minimum Gasteiger partial charge on any atom is -0.261 e. The highest BCUT2D eigenvalue weighted by Gasteiger charge is 1.87. The lowest BCUT2D eigenvalue weighted by Crippen LogP contribution is -1.71. The third-order valence-corrected chi connectivity index (χ3v) is 1.74. The number of halogens is 1. The van der Waals surface area contributed by atoms with Gasteiger partial charge in [-0.2, -0.15) is 0 Å². The molecule has 1 rings (SSSR count). The minimum absolute atomic E-state index is 0.754. The topological polar surface area (TPSA) is 12.4 Å². The summed E-state index contributed by atoms with van der Waals surface area (Å²) in [7, 11) is 0. The SMILES string of the molecule is CCCC=Nc1ccc(Cl)cc1. The number of unbranched alkanes of at least 4 members (excludes halogenated alkanes) is 1. The number of rotatable bonds is 3. The molecule has 0 heterocycles. The molecule has 12 heavy (non-hydrogen) atoms. The highest BCUT2D eigenvalue weighted by Crippen LogP contribution is 2.15. The fourth-order valence-electron chi connectivity index (χ4n) is 0.826. The zero-order valence-electron chi connectivity index (χ0n) is 7.13. The number of aliphatic imine (C=N–C) groups is 1. The molecule has 2 heteroatoms. The molecule has 0 bridgehead atoms. The molecule has 0 unspecified atom stereocenters. The molecule has 64 valence electrons. The maximum absolute atomic E-state index is 5.72. The van der Waals surface area contributed by atoms with E-state index < -0.39 is 0 Å². The highest BCUT2D eigenvalue weighted by molar-refractivity contribution is 6.30. The lowest BCUT2D eigenvalue weighted by Gasteiger charge is -1.92. The van der Waals surface area contributed by atoms with Gasteiger partial charge in [0.15, 0.2) is 0 Å². The van der Waals surface area contributed by atoms with Gasteiger partial charge in [0.2, 0.25) is 0 Å². The molecule has 0 fully saturated rings. The molecule has 0 saturated heterocycles. The van der Waals surface area contributed by atoms with E-state index in [4.69, 9.17) is 11.6 Å². The summed E-state index contributed by atoms with van der Waals surface area (Å²) in [5.74, 6) is 0. The largest absolute Gasteiger partial charge is 0.261 e. The molecule has 1 aromatic rings. The number of nitrogens with zero attached hydrogens (tertiary/aromatic N) is 1. The summed E-state index contributed by atoms with van der Waals surface area (Å²) in [6.07, 6.45) is 4.10. The van der Waals surface area contributed by atoms with Gasteiger partial charge in [-0.3, -0.25) is 4.99 Å². The molecule has 1 aromatic carbocycles. The third-order valence-electron chi connectivity index (χ3n) is 1.48. The van der Waals surface area contributed by atoms with Crippen molar-refractivity contribution in [2.24, 2.45) is 4.99 Å². The molecule has 0 aliphatic heterocycles. The van der Waals surface area contributed by atoms with E-state index in [0.717, 1.165) is 23.6 Å². The Labute approximate surface area is 78.1 Å². The molecule has 0 N–H and O–H groups in total. The van der Waals surface area contributed by atoms with E-state index in [0.29, 0.717) is 0 Å². The van der Waals surface area contributed by atoms with Crippen LogP contribution in [0.2, 0.25) is 5.02 Å². The number of hydrogen-bond acceptors (Lipinski definition) is 1. The molecule has 0 spiro atoms. The second-order valence-corrected chi connectivity index (χ2v) is 3.01. The molecule has 0 atom stereocenters. The zero-order valence-corrected chi connectivity index (χ0v) is 7.88. The Hall–Kier alpha value is -0.820. The first-order valence-corrected chi connectivity index (χ1v) is 4.49. The Morgan fingerprint density at radius 3 is 2.58 bits per heavy atom. The molecule has 0 amide bonds. The fraction of sp³-hybridized carbons (Fsp3) is 0.300. The number of benzene rings is 1. The second-order valence-electron chi connectivity index (χ2n) is 2.58. The van der Waals surface area contributed by atoms with Gasteiger partial charge >= 0.3 is 0 Å². The average molecular weight is 182 g/mol. The Balaban J connectivity index is 2.58. The summed E-state index contributed by atoms with van der Waals surface area (Å²) < 4.78 is 0. The lowest BCUT2D eigenvalue weighted by molar-refractivity contribution is 1.01. The van der Waals surface area contributed by atoms with Crippen LogP contribution in [0.4, 0.5) is 5.69 Å². The van der Waals surface area contributed by atoms with Gasteiger partial charge in [-0.25, -0.2) is 0 Å². The minimum atomic E-state index is 0.754. The molecule has 1 nitrogen and oxygen atoms in total. The second kappa shape index (κ2) is 4.94. The van der Waals surface area contributed by atoms with Crippen molar-refractivity contribution in [2.75, 3.05) is 0 Å². The Morgan fingerprint density at radius 2 is 2.00 bits per heavy atom. The van der Waals surface area contributed by atoms with Crippen LogP contribution in [0.15, 0.2) is 29.3 Å². The standard InChI is InChI=1S/C10H12ClN/c1-2-3-8-12-10-6-4-9(11)5-7-10/h4-8H,2-3H2,1H3. The van der Waals surface area contributed by atoms with Gasteiger partial charge in [-0.15, -0.1) is 0 Å². The molecule has 0 radical (unpaired) electrons. The van der Waals surface area contributed by atoms with Crippen molar-refractivity contribution in [3.05, 3.63) is 29.3 Å². The van der Waals surface area contributed by atoms with E-state index in [9.17, 15) is 0 Å². The fourth-order valence-corrected chi connectivity index (χ4v) is 0.952. The summed E-state index contributed by atoms with van der Waals surface area (Å²) in [5, 5.41) is 0.754. The summed E-state index contributed by atoms with van der Waals surface area (Å²) in [4.78, 5) is 4.25. The summed E-state index contributed by atoms with van der Waals surface area (Å²) in [5.41, 5.74) is 0.966. The first kappa shape index (κ1) is 9.27. The van der Waals surface area contributed by atoms with Crippen LogP contribution >= 0.6 is 11.6 Å². The predicted octanol–water partition coefficient (Wildman–Crippen LogP) is 3.84. The van der Waals surface area contributed by atoms with Crippen molar-refractivity contribution < 1.29 is 0 Å². The number of hydrogen-bond donors (Lipinski definition) is 0. The van der Waals surface area contributed by atoms with Crippen molar-refractivity contribution in [3.63, 3.8) is 0 Å². The smallest absolute Gasteiger partial charge is 0.0626 e. The van der Waals surface area contributed by atoms with Gasteiger partial charge in [0.05, 0.1) is 5.69 Å². The maximum atomic E-state index is 5.72. The molecular weight excluding hydrogens is 170 g/mol. The van der Waals surface area contributed by atoms with Gasteiger partial charge in [0, 0.05) is 11.2 Å². The third kappa shape index (κ3) is 3.05. The van der Waals surface area contributed by atoms with Gasteiger partial charge in [-0.05, 0) is 30.7 Å². The van der Waals surface area contributed by atoms with Gasteiger partial charge < -0.3 is 0 Å². The van der Waals surface area contributed by atoms with Crippen molar-refractivity contribution >= 4 is 23.5 Å². The molecule has 0 aliphatic rings. The van der Waals surface area contributed by atoms with Crippen LogP contribution in [0, 0.1) is 0 Å². The van der Waals surface area contributed by atoms with Crippen molar-refractivity contribution in [2.45, 2.75) is 19.8 Å². The van der Waals surface area contributed by atoms with E-state index in [1.54, 1.807) is 0 Å². The van der Waals surface area contributed by atoms with Crippen LogP contribution in [0.5, 0.6) is 0 Å². The predicted molar refractivity (Wildman–Crippen MR) is 54.5 cm³/mol. The van der Waals surface area contributed by atoms with Crippen molar-refractivity contribution in [1.29, 1.82) is 0 Å². The lowest BCUT2D eigenvalue weighted by atomic mass is 10.3. The van der Waals surface area contributed by atoms with Crippen LogP contribution < -0.4 is 0 Å². The quantitative estimate of drug-likeness (QED) is 0.629. The van der Waals surface area contributed by atoms with E-state index in [-0.39, 0.29) is 0 Å². The first-order chi connectivity index (χ1) is 5.83. The van der Waals surface area contributed by atoms with Gasteiger partial charge in [0.1, 0.15) is 0 Å². The van der Waals surface area contributed by atoms with E-state index in [1.807, 2.05) is 30.5 Å². The van der Waals surface area contributed by atoms with E-state index >= 15 is 0 Å². The highest BCUT2D eigenvalue weighted by atomic mass is 35.5. The summed E-state index contributed by atoms with van der Waals surface area (Å²) in [6.45, 7) is 2.13. The normalized spacial score (nSPS) is 10.8. The molecule has 0 aliphatic carbocycles. The van der Waals surface area contributed by atoms with Crippen LogP contribution in [-0.2, 0) is 0 Å². The Morgan fingerprint density at radius 1 is 1.33 bits per heavy atom. The van der Waals surface area contributed by atoms with Gasteiger partial charge in [-0.1, -0.05) is 24.9 Å². The van der Waals surface area contributed by atoms with Crippen LogP contribution in [-0.4, -0.2) is 6.21 Å². The first-order valence-electron chi connectivity index (χ1n) is 4.11. The summed E-state index contributed by atoms with van der Waals surface area (Å²) in [6, 6.07) is 7.52. The zero-order chi connectivity index (χ0) is 8.81. The Bertz CT molecular complexity index is 251. The van der Waals surface area contributed by atoms with Crippen molar-refractivity contribution in [3.8, 4) is 0 Å². The van der Waals surface area contributed by atoms with Crippen molar-refractivity contribution in [1.82, 2.24) is 0 Å². The maximum Gasteiger partial charge on any atom is 0.0626 e. The molecule has 0 aromatic heterocycles. The monoisotopic (exact) mass is 181 g/mol. The van der Waals surface area contributed by atoms with Gasteiger partial charge in [0.25, 0.3) is 0 Å². The Kier molecular flexibility index (Phi) is 3.81. The van der Waals surface area contributed by atoms with E-state index in [1.165, 1.54) is 0 Å². The molecule has 0 saturated carbocycles. The van der Waals surface area contributed by atoms with Crippen LogP contribution in [0.3, 0.4) is 0 Å². The molecular formula is C10H12ClN. The van der Waals surface area contributed by atoms with Crippen LogP contribution in [0.25, 0.3) is 0 Å². The van der Waals surface area contributed by atoms with Crippen LogP contribution in [0.1, 0.15) is 19.8 Å². The average Bonchev–Trinajstić information content (AvgIpc) is 2.09. The summed E-state index contributed by atoms with van der Waals surface area (Å²) >= 11 is 5.72.